The molecule has 5 nitrogen and oxygen atoms in total. The summed E-state index contributed by atoms with van der Waals surface area (Å²) in [6, 6.07) is 17.3. The van der Waals surface area contributed by atoms with Crippen molar-refractivity contribution >= 4 is 0 Å². The molecule has 0 unspecified atom stereocenters. The third kappa shape index (κ3) is 2.83. The van der Waals surface area contributed by atoms with Crippen LogP contribution in [0.25, 0.3) is 17.1 Å². The summed E-state index contributed by atoms with van der Waals surface area (Å²) < 4.78 is 0. The van der Waals surface area contributed by atoms with Gasteiger partial charge in [0, 0.05) is 5.56 Å². The Morgan fingerprint density at radius 1 is 1.05 bits per heavy atom. The molecule has 21 heavy (non-hydrogen) atoms. The molecule has 1 heterocycles. The lowest BCUT2D eigenvalue weighted by Crippen LogP contribution is -2.00. The lowest BCUT2D eigenvalue weighted by Gasteiger charge is -2.08. The normalized spacial score (nSPS) is 12.3. The second kappa shape index (κ2) is 5.85. The molecular formula is C16H16N4O. The Labute approximate surface area is 122 Å². The molecule has 5 heteroatoms. The Bertz CT molecular complexity index is 707. The average Bonchev–Trinajstić information content (AvgIpc) is 3.05. The Morgan fingerprint density at radius 3 is 2.43 bits per heavy atom. The first-order valence-corrected chi connectivity index (χ1v) is 6.92. The largest absolute Gasteiger partial charge is 0.388 e. The van der Waals surface area contributed by atoms with Gasteiger partial charge in [-0.15, -0.1) is 15.0 Å². The highest BCUT2D eigenvalue weighted by Gasteiger charge is 2.08. The van der Waals surface area contributed by atoms with E-state index in [-0.39, 0.29) is 0 Å². The minimum atomic E-state index is -0.428. The standard InChI is InChI=1S/C16H16N4O/c1-2-15(21)12-8-10-14(11-9-12)20-18-16(17-19-20)13-6-4-3-5-7-13/h3-11,15,21H,2H2,1H3/t15-/m1/s1. The van der Waals surface area contributed by atoms with Crippen LogP contribution in [0.15, 0.2) is 54.6 Å². The van der Waals surface area contributed by atoms with Gasteiger partial charge < -0.3 is 5.11 Å². The van der Waals surface area contributed by atoms with Gasteiger partial charge in [-0.25, -0.2) is 0 Å². The van der Waals surface area contributed by atoms with Crippen LogP contribution in [0.2, 0.25) is 0 Å². The molecule has 0 aliphatic heterocycles. The molecule has 0 bridgehead atoms. The molecule has 0 saturated heterocycles. The lowest BCUT2D eigenvalue weighted by molar-refractivity contribution is 0.173. The van der Waals surface area contributed by atoms with Crippen LogP contribution in [0, 0.1) is 0 Å². The first-order valence-electron chi connectivity index (χ1n) is 6.92. The Balaban J connectivity index is 1.86. The highest BCUT2D eigenvalue weighted by atomic mass is 16.3. The maximum atomic E-state index is 9.79. The summed E-state index contributed by atoms with van der Waals surface area (Å²) >= 11 is 0. The van der Waals surface area contributed by atoms with Gasteiger partial charge in [-0.2, -0.15) is 0 Å². The van der Waals surface area contributed by atoms with Crippen LogP contribution in [0.3, 0.4) is 0 Å². The van der Waals surface area contributed by atoms with Gasteiger partial charge in [-0.05, 0) is 29.3 Å². The van der Waals surface area contributed by atoms with Crippen molar-refractivity contribution in [1.82, 2.24) is 20.2 Å². The Hall–Kier alpha value is -2.53. The van der Waals surface area contributed by atoms with Crippen molar-refractivity contribution < 1.29 is 5.11 Å². The smallest absolute Gasteiger partial charge is 0.205 e. The van der Waals surface area contributed by atoms with Crippen LogP contribution in [-0.4, -0.2) is 25.3 Å². The first kappa shape index (κ1) is 13.5. The Kier molecular flexibility index (Phi) is 3.75. The third-order valence-corrected chi connectivity index (χ3v) is 3.34. The number of hydrogen-bond donors (Lipinski definition) is 1. The summed E-state index contributed by atoms with van der Waals surface area (Å²) in [6.45, 7) is 1.95. The number of tetrazole rings is 1. The molecule has 0 radical (unpaired) electrons. The predicted octanol–water partition coefficient (Wildman–Crippen LogP) is 2.77. The van der Waals surface area contributed by atoms with Crippen LogP contribution in [0.4, 0.5) is 0 Å². The third-order valence-electron chi connectivity index (χ3n) is 3.34. The average molecular weight is 280 g/mol. The van der Waals surface area contributed by atoms with E-state index in [1.807, 2.05) is 61.5 Å². The number of aliphatic hydroxyl groups is 1. The fourth-order valence-corrected chi connectivity index (χ4v) is 2.09. The summed E-state index contributed by atoms with van der Waals surface area (Å²) in [5, 5.41) is 22.3. The van der Waals surface area contributed by atoms with E-state index in [0.29, 0.717) is 12.2 Å². The first-order chi connectivity index (χ1) is 10.3. The molecule has 0 aliphatic carbocycles. The fraction of sp³-hybridized carbons (Fsp3) is 0.188. The minimum absolute atomic E-state index is 0.428. The SMILES string of the molecule is CC[C@@H](O)c1ccc(-n2nnc(-c3ccccc3)n2)cc1. The summed E-state index contributed by atoms with van der Waals surface area (Å²) in [7, 11) is 0. The summed E-state index contributed by atoms with van der Waals surface area (Å²) in [4.78, 5) is 1.49. The number of hydrogen-bond acceptors (Lipinski definition) is 4. The molecule has 106 valence electrons. The van der Waals surface area contributed by atoms with Gasteiger partial charge in [0.25, 0.3) is 0 Å². The van der Waals surface area contributed by atoms with Crippen molar-refractivity contribution in [1.29, 1.82) is 0 Å². The topological polar surface area (TPSA) is 63.8 Å². The van der Waals surface area contributed by atoms with Crippen molar-refractivity contribution in [2.24, 2.45) is 0 Å². The van der Waals surface area contributed by atoms with Gasteiger partial charge in [-0.1, -0.05) is 49.4 Å². The molecule has 1 atom stereocenters. The zero-order chi connectivity index (χ0) is 14.7. The highest BCUT2D eigenvalue weighted by Crippen LogP contribution is 2.18. The van der Waals surface area contributed by atoms with Crippen LogP contribution in [-0.2, 0) is 0 Å². The summed E-state index contributed by atoms with van der Waals surface area (Å²) in [6.07, 6.45) is 0.265. The molecule has 2 aromatic carbocycles. The van der Waals surface area contributed by atoms with E-state index in [9.17, 15) is 5.11 Å². The molecule has 0 amide bonds. The van der Waals surface area contributed by atoms with Crippen LogP contribution < -0.4 is 0 Å². The van der Waals surface area contributed by atoms with Crippen LogP contribution in [0.1, 0.15) is 25.0 Å². The minimum Gasteiger partial charge on any atom is -0.388 e. The van der Waals surface area contributed by atoms with E-state index >= 15 is 0 Å². The second-order valence-corrected chi connectivity index (χ2v) is 4.78. The Morgan fingerprint density at radius 2 is 1.76 bits per heavy atom. The number of aliphatic hydroxyl groups excluding tert-OH is 1. The van der Waals surface area contributed by atoms with Gasteiger partial charge in [0.15, 0.2) is 0 Å². The fourth-order valence-electron chi connectivity index (χ4n) is 2.09. The quantitative estimate of drug-likeness (QED) is 0.798. The van der Waals surface area contributed by atoms with Gasteiger partial charge in [0.05, 0.1) is 11.8 Å². The van der Waals surface area contributed by atoms with Crippen molar-refractivity contribution in [2.75, 3.05) is 0 Å². The maximum Gasteiger partial charge on any atom is 0.205 e. The van der Waals surface area contributed by atoms with Crippen molar-refractivity contribution in [3.63, 3.8) is 0 Å². The van der Waals surface area contributed by atoms with Gasteiger partial charge in [0.1, 0.15) is 0 Å². The van der Waals surface area contributed by atoms with E-state index < -0.39 is 6.10 Å². The molecule has 0 aliphatic rings. The van der Waals surface area contributed by atoms with E-state index in [2.05, 4.69) is 15.4 Å². The van der Waals surface area contributed by atoms with Crippen molar-refractivity contribution in [2.45, 2.75) is 19.4 Å². The second-order valence-electron chi connectivity index (χ2n) is 4.78. The van der Waals surface area contributed by atoms with E-state index in [0.717, 1.165) is 16.8 Å². The summed E-state index contributed by atoms with van der Waals surface area (Å²) in [5.74, 6) is 0.591. The van der Waals surface area contributed by atoms with Gasteiger partial charge >= 0.3 is 0 Å². The van der Waals surface area contributed by atoms with E-state index in [1.54, 1.807) is 0 Å². The molecule has 1 aromatic heterocycles. The molecular weight excluding hydrogens is 264 g/mol. The molecule has 3 rings (SSSR count). The maximum absolute atomic E-state index is 9.79. The summed E-state index contributed by atoms with van der Waals surface area (Å²) in [5.41, 5.74) is 2.64. The number of benzene rings is 2. The number of rotatable bonds is 4. The monoisotopic (exact) mass is 280 g/mol. The van der Waals surface area contributed by atoms with Crippen molar-refractivity contribution in [3.8, 4) is 17.1 Å². The highest BCUT2D eigenvalue weighted by molar-refractivity contribution is 5.53. The van der Waals surface area contributed by atoms with Crippen LogP contribution in [0.5, 0.6) is 0 Å². The molecule has 0 fully saturated rings. The number of aromatic nitrogens is 4. The molecule has 0 spiro atoms. The van der Waals surface area contributed by atoms with Gasteiger partial charge in [-0.3, -0.25) is 0 Å². The van der Waals surface area contributed by atoms with Crippen molar-refractivity contribution in [3.05, 3.63) is 60.2 Å². The van der Waals surface area contributed by atoms with E-state index in [1.165, 1.54) is 4.80 Å². The number of nitrogens with zero attached hydrogens (tertiary/aromatic N) is 4. The molecule has 0 saturated carbocycles. The predicted molar refractivity (Wildman–Crippen MR) is 79.8 cm³/mol. The van der Waals surface area contributed by atoms with E-state index in [4.69, 9.17) is 0 Å². The zero-order valence-corrected chi connectivity index (χ0v) is 11.7. The zero-order valence-electron chi connectivity index (χ0n) is 11.7. The van der Waals surface area contributed by atoms with Gasteiger partial charge in [0.2, 0.25) is 5.82 Å². The van der Waals surface area contributed by atoms with Crippen LogP contribution >= 0.6 is 0 Å². The molecule has 1 N–H and O–H groups in total. The lowest BCUT2D eigenvalue weighted by atomic mass is 10.1. The molecule has 3 aromatic rings.